The Labute approximate surface area is 239 Å². The molecule has 1 aromatic carbocycles. The summed E-state index contributed by atoms with van der Waals surface area (Å²) < 4.78 is 12.6. The molecule has 0 unspecified atom stereocenters. The Balaban J connectivity index is 1.48. The molecule has 1 saturated carbocycles. The monoisotopic (exact) mass is 563 g/mol. The molecule has 3 N–H and O–H groups in total. The van der Waals surface area contributed by atoms with Gasteiger partial charge in [0.25, 0.3) is 0 Å². The van der Waals surface area contributed by atoms with Crippen molar-refractivity contribution >= 4 is 26.4 Å². The van der Waals surface area contributed by atoms with Gasteiger partial charge in [-0.05, 0) is 53.5 Å². The fourth-order valence-corrected chi connectivity index (χ4v) is 6.86. The minimum atomic E-state index is -0.674. The van der Waals surface area contributed by atoms with Gasteiger partial charge in [-0.1, -0.05) is 76.3 Å². The third kappa shape index (κ3) is 8.08. The smallest absolute Gasteiger partial charge is 0.244 e. The quantitative estimate of drug-likeness (QED) is 0.229. The number of fused-ring (bicyclic) bond motifs is 1. The summed E-state index contributed by atoms with van der Waals surface area (Å²) >= 11 is 0. The second-order valence-electron chi connectivity index (χ2n) is 11.7. The zero-order valence-corrected chi connectivity index (χ0v) is 24.4. The van der Waals surface area contributed by atoms with E-state index in [1.807, 2.05) is 50.2 Å². The fraction of sp³-hybridized carbons (Fsp3) is 0.531. The van der Waals surface area contributed by atoms with Crippen LogP contribution in [0.2, 0.25) is 0 Å². The van der Waals surface area contributed by atoms with Crippen LogP contribution in [0.4, 0.5) is 0 Å². The number of hydrogen-bond donors (Lipinski definition) is 3. The van der Waals surface area contributed by atoms with E-state index in [0.717, 1.165) is 36.0 Å². The Bertz CT molecular complexity index is 1170. The van der Waals surface area contributed by atoms with Crippen LogP contribution in [0.5, 0.6) is 0 Å². The van der Waals surface area contributed by atoms with Gasteiger partial charge >= 0.3 is 0 Å². The summed E-state index contributed by atoms with van der Waals surface area (Å²) in [4.78, 5) is 30.7. The lowest BCUT2D eigenvalue weighted by Gasteiger charge is -2.32. The van der Waals surface area contributed by atoms with Crippen LogP contribution >= 0.6 is 8.46 Å². The molecule has 1 heterocycles. The van der Waals surface area contributed by atoms with Crippen molar-refractivity contribution in [3.63, 3.8) is 0 Å². The summed E-state index contributed by atoms with van der Waals surface area (Å²) in [5.41, 5.74) is 2.42. The normalized spacial score (nSPS) is 21.7. The fourth-order valence-electron chi connectivity index (χ4n) is 6.20. The highest BCUT2D eigenvalue weighted by Crippen LogP contribution is 2.35. The van der Waals surface area contributed by atoms with Gasteiger partial charge in [0.15, 0.2) is 8.46 Å². The predicted octanol–water partition coefficient (Wildman–Crippen LogP) is 5.65. The van der Waals surface area contributed by atoms with Crippen molar-refractivity contribution in [2.45, 2.75) is 89.1 Å². The molecule has 0 saturated heterocycles. The van der Waals surface area contributed by atoms with E-state index in [0.29, 0.717) is 18.8 Å². The lowest BCUT2D eigenvalue weighted by molar-refractivity contribution is -0.128. The number of benzene rings is 1. The number of aliphatic hydroxyl groups excluding tert-OH is 1. The number of nitrogens with zero attached hydrogens (tertiary/aromatic N) is 1. The van der Waals surface area contributed by atoms with E-state index < -0.39 is 23.7 Å². The van der Waals surface area contributed by atoms with Crippen LogP contribution in [0.15, 0.2) is 54.9 Å². The number of carbonyl (C=O) groups is 2. The number of rotatable bonds is 12. The zero-order valence-electron chi connectivity index (χ0n) is 23.5. The van der Waals surface area contributed by atoms with Crippen LogP contribution in [-0.4, -0.2) is 39.7 Å². The van der Waals surface area contributed by atoms with Gasteiger partial charge in [-0.2, -0.15) is 0 Å². The van der Waals surface area contributed by atoms with Gasteiger partial charge in [0, 0.05) is 36.9 Å². The molecule has 214 valence electrons. The summed E-state index contributed by atoms with van der Waals surface area (Å²) in [7, 11) is -0.0805. The number of aliphatic hydroxyl groups is 1. The standard InChI is InChI=1S/C32H42N3O4P/c1-21(2)26(32(38)35-31-25-13-7-6-12-24(25)18-28(31)36)19-29(40-39)27(17-22-9-4-3-5-10-22)34-30(37)15-14-23-11-8-16-33-20-23/h6-8,11-16,20-22,26-29,31,36H,3-5,9-10,17-19H2,1-2H3,(H,34,37)(H,35,38)/t26-,27-,28+,29-,31-/m0/s1. The van der Waals surface area contributed by atoms with E-state index in [4.69, 9.17) is 0 Å². The molecule has 2 aliphatic carbocycles. The van der Waals surface area contributed by atoms with Crippen LogP contribution in [0.25, 0.3) is 6.08 Å². The Morgan fingerprint density at radius 1 is 1.12 bits per heavy atom. The molecular weight excluding hydrogens is 521 g/mol. The van der Waals surface area contributed by atoms with Crippen molar-refractivity contribution in [1.82, 2.24) is 15.6 Å². The van der Waals surface area contributed by atoms with E-state index in [1.165, 1.54) is 25.3 Å². The van der Waals surface area contributed by atoms with Crippen LogP contribution in [0, 0.1) is 17.8 Å². The SMILES string of the molecule is CC(C)[C@H](C[C@H](P=O)[C@H](CC1CCCCC1)NC(=O)C=Cc1cccnc1)C(=O)N[C@H]1c2ccccc2C[C@H]1O. The highest BCUT2D eigenvalue weighted by molar-refractivity contribution is 7.24. The third-order valence-electron chi connectivity index (χ3n) is 8.49. The molecule has 2 aromatic rings. The molecule has 8 heteroatoms. The van der Waals surface area contributed by atoms with Crippen LogP contribution < -0.4 is 10.6 Å². The second-order valence-corrected chi connectivity index (χ2v) is 12.6. The number of carbonyl (C=O) groups excluding carboxylic acids is 2. The van der Waals surface area contributed by atoms with Crippen molar-refractivity contribution in [3.8, 4) is 0 Å². The number of amides is 2. The molecule has 2 aliphatic rings. The minimum absolute atomic E-state index is 0.00505. The number of aromatic nitrogens is 1. The highest BCUT2D eigenvalue weighted by atomic mass is 31.1. The Hall–Kier alpha value is -2.89. The maximum Gasteiger partial charge on any atom is 0.244 e. The number of hydrogen-bond acceptors (Lipinski definition) is 5. The molecule has 0 bridgehead atoms. The van der Waals surface area contributed by atoms with Crippen molar-refractivity contribution in [1.29, 1.82) is 0 Å². The first-order valence-corrected chi connectivity index (χ1v) is 15.5. The van der Waals surface area contributed by atoms with E-state index in [2.05, 4.69) is 15.6 Å². The largest absolute Gasteiger partial charge is 0.390 e. The Kier molecular flexibility index (Phi) is 11.0. The first kappa shape index (κ1) is 30.1. The Morgan fingerprint density at radius 2 is 1.90 bits per heavy atom. The summed E-state index contributed by atoms with van der Waals surface area (Å²) in [6.45, 7) is 3.99. The molecule has 40 heavy (non-hydrogen) atoms. The first-order valence-electron chi connectivity index (χ1n) is 14.6. The zero-order chi connectivity index (χ0) is 28.5. The third-order valence-corrected chi connectivity index (χ3v) is 9.33. The molecule has 0 spiro atoms. The molecule has 0 aliphatic heterocycles. The number of nitrogens with one attached hydrogen (secondary N) is 2. The number of pyridine rings is 1. The Morgan fingerprint density at radius 3 is 2.60 bits per heavy atom. The van der Waals surface area contributed by atoms with Crippen LogP contribution in [0.3, 0.4) is 0 Å². The molecule has 0 radical (unpaired) electrons. The van der Waals surface area contributed by atoms with E-state index in [9.17, 15) is 19.3 Å². The molecule has 1 aromatic heterocycles. The van der Waals surface area contributed by atoms with Crippen LogP contribution in [-0.2, 0) is 20.6 Å². The summed E-state index contributed by atoms with van der Waals surface area (Å²) in [6, 6.07) is 10.7. The maximum atomic E-state index is 13.6. The molecule has 2 amide bonds. The molecular formula is C32H42N3O4P. The van der Waals surface area contributed by atoms with Gasteiger partial charge in [0.2, 0.25) is 11.8 Å². The summed E-state index contributed by atoms with van der Waals surface area (Å²) in [5, 5.41) is 16.9. The minimum Gasteiger partial charge on any atom is -0.390 e. The molecule has 5 atom stereocenters. The maximum absolute atomic E-state index is 13.6. The average Bonchev–Trinajstić information content (AvgIpc) is 3.27. The van der Waals surface area contributed by atoms with Gasteiger partial charge in [0.05, 0.1) is 17.8 Å². The lowest BCUT2D eigenvalue weighted by Crippen LogP contribution is -2.45. The van der Waals surface area contributed by atoms with Crippen molar-refractivity contribution in [2.24, 2.45) is 17.8 Å². The predicted molar refractivity (Wildman–Crippen MR) is 158 cm³/mol. The van der Waals surface area contributed by atoms with E-state index in [1.54, 1.807) is 18.5 Å². The lowest BCUT2D eigenvalue weighted by atomic mass is 9.82. The average molecular weight is 564 g/mol. The van der Waals surface area contributed by atoms with E-state index in [-0.39, 0.29) is 32.2 Å². The van der Waals surface area contributed by atoms with Crippen LogP contribution in [0.1, 0.15) is 81.5 Å². The van der Waals surface area contributed by atoms with Crippen molar-refractivity contribution in [3.05, 3.63) is 71.6 Å². The molecule has 1 fully saturated rings. The van der Waals surface area contributed by atoms with Crippen molar-refractivity contribution < 1.29 is 19.3 Å². The van der Waals surface area contributed by atoms with Gasteiger partial charge in [-0.15, -0.1) is 0 Å². The van der Waals surface area contributed by atoms with Gasteiger partial charge in [0.1, 0.15) is 0 Å². The van der Waals surface area contributed by atoms with Gasteiger partial charge < -0.3 is 15.7 Å². The topological polar surface area (TPSA) is 108 Å². The first-order chi connectivity index (χ1) is 19.4. The summed E-state index contributed by atoms with van der Waals surface area (Å²) in [5.74, 6) is -0.349. The van der Waals surface area contributed by atoms with Crippen molar-refractivity contribution in [2.75, 3.05) is 0 Å². The van der Waals surface area contributed by atoms with Gasteiger partial charge in [-0.25, -0.2) is 0 Å². The second kappa shape index (κ2) is 14.7. The molecule has 4 rings (SSSR count). The highest BCUT2D eigenvalue weighted by Gasteiger charge is 2.37. The summed E-state index contributed by atoms with van der Waals surface area (Å²) in [6.07, 6.45) is 13.3. The van der Waals surface area contributed by atoms with E-state index >= 15 is 0 Å². The van der Waals surface area contributed by atoms with Gasteiger partial charge in [-0.3, -0.25) is 19.1 Å². The molecule has 7 nitrogen and oxygen atoms in total.